The SMILES string of the molecule is CC/C=C\C/C=C\C/C=C\C/C=C\C/C=C\C/C=C\C/C=C\C/C=C\C/C=C\CCCCCCCCCCCCCC(=O)OC(COC(=O)CCCCCCCCCCCCC/C=C\C/C=C\C/C=C\C/C=C\C/C=C\C/C=C\C/C=C\CC)COP(=O)(O)OCCN. The van der Waals surface area contributed by atoms with E-state index in [4.69, 9.17) is 24.3 Å². The summed E-state index contributed by atoms with van der Waals surface area (Å²) in [4.78, 5) is 35.4. The minimum Gasteiger partial charge on any atom is -0.462 e. The van der Waals surface area contributed by atoms with Gasteiger partial charge in [0.2, 0.25) is 0 Å². The van der Waals surface area contributed by atoms with E-state index in [1.165, 1.54) is 89.9 Å². The third-order valence-corrected chi connectivity index (χ3v) is 16.0. The number of nitrogens with two attached hydrogens (primary N) is 1. The summed E-state index contributed by atoms with van der Waals surface area (Å²) >= 11 is 0. The molecule has 0 radical (unpaired) electrons. The number of unbranched alkanes of at least 4 members (excludes halogenated alkanes) is 22. The zero-order valence-electron chi connectivity index (χ0n) is 58.9. The van der Waals surface area contributed by atoms with Crippen molar-refractivity contribution in [1.29, 1.82) is 0 Å². The normalized spacial score (nSPS) is 14.1. The number of allylic oxidation sites excluding steroid dienone is 32. The minimum absolute atomic E-state index is 0.0438. The molecule has 524 valence electrons. The van der Waals surface area contributed by atoms with Crippen LogP contribution in [0.2, 0.25) is 0 Å². The predicted molar refractivity (Wildman–Crippen MR) is 403 cm³/mol. The first-order valence-electron chi connectivity index (χ1n) is 36.9. The van der Waals surface area contributed by atoms with Crippen LogP contribution in [0.1, 0.15) is 284 Å². The van der Waals surface area contributed by atoms with Gasteiger partial charge in [0, 0.05) is 19.4 Å². The highest BCUT2D eigenvalue weighted by Crippen LogP contribution is 2.43. The van der Waals surface area contributed by atoms with Gasteiger partial charge in [-0.2, -0.15) is 0 Å². The van der Waals surface area contributed by atoms with E-state index in [1.807, 2.05) is 0 Å². The zero-order chi connectivity index (χ0) is 67.2. The Balaban J connectivity index is 3.95. The second-order valence-electron chi connectivity index (χ2n) is 23.7. The molecule has 3 N–H and O–H groups in total. The molecule has 93 heavy (non-hydrogen) atoms. The lowest BCUT2D eigenvalue weighted by molar-refractivity contribution is -0.161. The smallest absolute Gasteiger partial charge is 0.462 e. The monoisotopic (exact) mass is 1300 g/mol. The highest BCUT2D eigenvalue weighted by Gasteiger charge is 2.26. The summed E-state index contributed by atoms with van der Waals surface area (Å²) < 4.78 is 33.2. The summed E-state index contributed by atoms with van der Waals surface area (Å²) in [6, 6.07) is 0. The minimum atomic E-state index is -4.41. The van der Waals surface area contributed by atoms with Crippen molar-refractivity contribution in [3.05, 3.63) is 194 Å². The van der Waals surface area contributed by atoms with Crippen LogP contribution in [0.5, 0.6) is 0 Å². The van der Waals surface area contributed by atoms with Crippen molar-refractivity contribution >= 4 is 19.8 Å². The van der Waals surface area contributed by atoms with Crippen LogP contribution in [0, 0.1) is 0 Å². The van der Waals surface area contributed by atoms with E-state index >= 15 is 0 Å². The highest BCUT2D eigenvalue weighted by atomic mass is 31.2. The number of phosphoric ester groups is 1. The predicted octanol–water partition coefficient (Wildman–Crippen LogP) is 24.9. The largest absolute Gasteiger partial charge is 0.472 e. The maximum atomic E-state index is 12.8. The number of hydrogen-bond acceptors (Lipinski definition) is 8. The van der Waals surface area contributed by atoms with Crippen LogP contribution in [-0.2, 0) is 32.7 Å². The molecule has 0 aromatic rings. The third kappa shape index (κ3) is 75.8. The quantitative estimate of drug-likeness (QED) is 0.0264. The molecule has 0 fully saturated rings. The fourth-order valence-electron chi connectivity index (χ4n) is 9.61. The standard InChI is InChI=1S/C83H134NO8P/c1-3-5-7-9-11-13-15-17-19-21-23-25-27-29-31-33-35-37-38-39-40-41-42-44-46-48-50-52-54-56-58-60-62-64-66-68-70-72-74-76-83(86)92-81(80-91-93(87,88)90-78-77-84)79-89-82(85)75-73-71-69-67-65-63-61-59-57-55-53-51-49-47-45-43-36-34-32-30-28-26-24-22-20-18-16-14-12-10-8-6-4-2/h5-8,11-14,17-20,23-26,29-32,35-37,39-40,42-44,47-50,81H,3-4,9-10,15-16,21-22,27-28,33-34,38,41,45-46,51-80,84H2,1-2H3,(H,87,88)/b7-5-,8-6-,13-11-,14-12-,19-17-,20-18-,25-23-,26-24-,31-29-,32-30-,37-35-,40-39-,43-36-,44-42-,49-47-,50-48-. The molecular formula is C83H134NO8P. The van der Waals surface area contributed by atoms with Crippen LogP contribution in [0.4, 0.5) is 0 Å². The van der Waals surface area contributed by atoms with E-state index < -0.39 is 26.5 Å². The van der Waals surface area contributed by atoms with Crippen LogP contribution >= 0.6 is 7.82 Å². The van der Waals surface area contributed by atoms with Crippen LogP contribution in [-0.4, -0.2) is 49.3 Å². The molecule has 0 amide bonds. The Morgan fingerprint density at radius 1 is 0.323 bits per heavy atom. The highest BCUT2D eigenvalue weighted by molar-refractivity contribution is 7.47. The molecule has 0 bridgehead atoms. The second kappa shape index (κ2) is 75.9. The molecule has 0 spiro atoms. The van der Waals surface area contributed by atoms with Gasteiger partial charge in [0.05, 0.1) is 13.2 Å². The Bertz CT molecular complexity index is 2230. The first kappa shape index (κ1) is 87.9. The number of phosphoric acid groups is 1. The molecule has 0 saturated carbocycles. The van der Waals surface area contributed by atoms with Crippen molar-refractivity contribution in [3.8, 4) is 0 Å². The Labute approximate surface area is 570 Å². The van der Waals surface area contributed by atoms with Gasteiger partial charge in [-0.1, -0.05) is 324 Å². The molecule has 0 rings (SSSR count). The molecule has 0 aliphatic heterocycles. The van der Waals surface area contributed by atoms with Gasteiger partial charge >= 0.3 is 19.8 Å². The van der Waals surface area contributed by atoms with E-state index in [2.05, 4.69) is 208 Å². The molecular weight excluding hydrogens is 1170 g/mol. The zero-order valence-corrected chi connectivity index (χ0v) is 59.8. The lowest BCUT2D eigenvalue weighted by Crippen LogP contribution is -2.29. The average molecular weight is 1300 g/mol. The Morgan fingerprint density at radius 2 is 0.559 bits per heavy atom. The Morgan fingerprint density at radius 3 is 0.828 bits per heavy atom. The van der Waals surface area contributed by atoms with Crippen molar-refractivity contribution in [3.63, 3.8) is 0 Å². The summed E-state index contributed by atoms with van der Waals surface area (Å²) in [5.41, 5.74) is 5.41. The van der Waals surface area contributed by atoms with Crippen LogP contribution in [0.3, 0.4) is 0 Å². The molecule has 2 atom stereocenters. The van der Waals surface area contributed by atoms with E-state index in [0.29, 0.717) is 6.42 Å². The van der Waals surface area contributed by atoms with Gasteiger partial charge in [-0.05, 0) is 141 Å². The van der Waals surface area contributed by atoms with Crippen molar-refractivity contribution in [2.24, 2.45) is 5.73 Å². The third-order valence-electron chi connectivity index (χ3n) is 15.0. The molecule has 0 saturated heterocycles. The summed E-state index contributed by atoms with van der Waals surface area (Å²) in [6.45, 7) is 3.50. The maximum Gasteiger partial charge on any atom is 0.472 e. The molecule has 9 nitrogen and oxygen atoms in total. The maximum absolute atomic E-state index is 12.8. The first-order chi connectivity index (χ1) is 45.8. The van der Waals surface area contributed by atoms with Crippen molar-refractivity contribution < 1.29 is 37.6 Å². The van der Waals surface area contributed by atoms with Crippen LogP contribution < -0.4 is 5.73 Å². The van der Waals surface area contributed by atoms with Gasteiger partial charge in [-0.25, -0.2) is 4.57 Å². The number of esters is 2. The molecule has 0 aromatic heterocycles. The summed E-state index contributed by atoms with van der Waals surface area (Å²) in [5.74, 6) is -0.842. The number of carbonyl (C=O) groups excluding carboxylic acids is 2. The molecule has 0 aromatic carbocycles. The fourth-order valence-corrected chi connectivity index (χ4v) is 10.4. The van der Waals surface area contributed by atoms with Crippen molar-refractivity contribution in [1.82, 2.24) is 0 Å². The Hall–Kier alpha value is -5.15. The molecule has 2 unspecified atom stereocenters. The summed E-state index contributed by atoms with van der Waals surface area (Å²) in [5, 5.41) is 0. The van der Waals surface area contributed by atoms with Crippen LogP contribution in [0.25, 0.3) is 0 Å². The second-order valence-corrected chi connectivity index (χ2v) is 25.1. The first-order valence-corrected chi connectivity index (χ1v) is 38.4. The number of ether oxygens (including phenoxy) is 2. The van der Waals surface area contributed by atoms with Gasteiger partial charge in [0.1, 0.15) is 6.61 Å². The lowest BCUT2D eigenvalue weighted by atomic mass is 10.0. The van der Waals surface area contributed by atoms with Gasteiger partial charge in [-0.3, -0.25) is 18.6 Å². The number of rotatable bonds is 67. The van der Waals surface area contributed by atoms with Crippen LogP contribution in [0.15, 0.2) is 194 Å². The number of hydrogen-bond donors (Lipinski definition) is 2. The molecule has 0 heterocycles. The van der Waals surface area contributed by atoms with Gasteiger partial charge in [0.15, 0.2) is 6.10 Å². The van der Waals surface area contributed by atoms with Crippen molar-refractivity contribution in [2.75, 3.05) is 26.4 Å². The number of carbonyl (C=O) groups is 2. The van der Waals surface area contributed by atoms with E-state index in [9.17, 15) is 19.0 Å². The molecule has 0 aliphatic carbocycles. The average Bonchev–Trinajstić information content (AvgIpc) is 3.60. The Kier molecular flexibility index (Phi) is 71.7. The van der Waals surface area contributed by atoms with Crippen molar-refractivity contribution in [2.45, 2.75) is 290 Å². The van der Waals surface area contributed by atoms with Gasteiger partial charge in [-0.15, -0.1) is 0 Å². The molecule has 10 heteroatoms. The van der Waals surface area contributed by atoms with E-state index in [-0.39, 0.29) is 38.6 Å². The fraction of sp³-hybridized carbons (Fsp3) is 0.590. The summed E-state index contributed by atoms with van der Waals surface area (Å²) in [6.07, 6.45) is 115. The van der Waals surface area contributed by atoms with E-state index in [0.717, 1.165) is 161 Å². The van der Waals surface area contributed by atoms with E-state index in [1.54, 1.807) is 0 Å². The van der Waals surface area contributed by atoms with Gasteiger partial charge in [0.25, 0.3) is 0 Å². The topological polar surface area (TPSA) is 134 Å². The molecule has 0 aliphatic rings. The summed E-state index contributed by atoms with van der Waals surface area (Å²) in [7, 11) is -4.41. The van der Waals surface area contributed by atoms with Gasteiger partial charge < -0.3 is 20.1 Å². The lowest BCUT2D eigenvalue weighted by Gasteiger charge is -2.19.